The maximum Gasteiger partial charge on any atom is 0.327 e. The largest absolute Gasteiger partial charge is 0.480 e. The number of nitrogens with zero attached hydrogens (tertiary/aromatic N) is 1. The fraction of sp³-hybridized carbons (Fsp3) is 0.778. The number of likely N-dealkylation sites (tertiary alicyclic amines) is 1. The third-order valence-electron chi connectivity index (χ3n) is 2.40. The van der Waals surface area contributed by atoms with E-state index in [0.717, 1.165) is 0 Å². The summed E-state index contributed by atoms with van der Waals surface area (Å²) in [6.45, 7) is 4.04. The first-order valence-corrected chi connectivity index (χ1v) is 5.18. The summed E-state index contributed by atoms with van der Waals surface area (Å²) in [5.74, 6) is -1.22. The summed E-state index contributed by atoms with van der Waals surface area (Å²) in [5, 5.41) is 8.70. The first kappa shape index (κ1) is 11.4. The van der Waals surface area contributed by atoms with Gasteiger partial charge >= 0.3 is 5.97 Å². The lowest BCUT2D eigenvalue weighted by atomic mass is 10.1. The average Bonchev–Trinajstić information content (AvgIpc) is 2.45. The minimum atomic E-state index is -0.962. The van der Waals surface area contributed by atoms with Gasteiger partial charge in [-0.3, -0.25) is 4.79 Å². The lowest BCUT2D eigenvalue weighted by Crippen LogP contribution is -2.45. The smallest absolute Gasteiger partial charge is 0.327 e. The molecule has 1 N–H and O–H groups in total. The maximum atomic E-state index is 11.6. The molecule has 5 heteroatoms. The second-order valence-corrected chi connectivity index (χ2v) is 4.49. The Morgan fingerprint density at radius 2 is 2.07 bits per heavy atom. The SMILES string of the molecule is CC(C)C(=O)N1CC[C@@H](S)[C@H]1C(=O)O. The van der Waals surface area contributed by atoms with E-state index in [1.807, 2.05) is 0 Å². The first-order chi connectivity index (χ1) is 6.45. The summed E-state index contributed by atoms with van der Waals surface area (Å²) in [7, 11) is 0. The predicted molar refractivity (Wildman–Crippen MR) is 55.4 cm³/mol. The van der Waals surface area contributed by atoms with Gasteiger partial charge in [0.25, 0.3) is 0 Å². The second-order valence-electron chi connectivity index (χ2n) is 3.83. The Balaban J connectivity index is 2.79. The molecule has 1 aliphatic heterocycles. The number of thiol groups is 1. The molecule has 2 atom stereocenters. The molecule has 14 heavy (non-hydrogen) atoms. The van der Waals surface area contributed by atoms with Crippen molar-refractivity contribution >= 4 is 24.5 Å². The minimum absolute atomic E-state index is 0.103. The molecule has 0 bridgehead atoms. The summed E-state index contributed by atoms with van der Waals surface area (Å²) in [4.78, 5) is 24.0. The van der Waals surface area contributed by atoms with Crippen LogP contribution in [0.1, 0.15) is 20.3 Å². The Kier molecular flexibility index (Phi) is 3.42. The molecule has 1 fully saturated rings. The van der Waals surface area contributed by atoms with Crippen LogP contribution in [0.5, 0.6) is 0 Å². The van der Waals surface area contributed by atoms with Crippen LogP contribution in [0.2, 0.25) is 0 Å². The highest BCUT2D eigenvalue weighted by molar-refractivity contribution is 7.81. The van der Waals surface area contributed by atoms with Gasteiger partial charge in [-0.1, -0.05) is 13.8 Å². The van der Waals surface area contributed by atoms with Gasteiger partial charge in [-0.05, 0) is 6.42 Å². The molecule has 0 unspecified atom stereocenters. The van der Waals surface area contributed by atoms with Crippen molar-refractivity contribution in [2.75, 3.05) is 6.54 Å². The fourth-order valence-electron chi connectivity index (χ4n) is 1.65. The molecular weight excluding hydrogens is 202 g/mol. The van der Waals surface area contributed by atoms with E-state index in [9.17, 15) is 9.59 Å². The van der Waals surface area contributed by atoms with E-state index in [1.54, 1.807) is 13.8 Å². The second kappa shape index (κ2) is 4.21. The summed E-state index contributed by atoms with van der Waals surface area (Å²) in [5.41, 5.74) is 0. The Bertz CT molecular complexity index is 254. The number of carboxylic acids is 1. The topological polar surface area (TPSA) is 57.6 Å². The van der Waals surface area contributed by atoms with Crippen molar-refractivity contribution in [1.29, 1.82) is 0 Å². The van der Waals surface area contributed by atoms with Crippen molar-refractivity contribution in [2.24, 2.45) is 5.92 Å². The molecule has 1 saturated heterocycles. The summed E-state index contributed by atoms with van der Waals surface area (Å²) < 4.78 is 0. The van der Waals surface area contributed by atoms with Gasteiger partial charge in [0, 0.05) is 17.7 Å². The number of hydrogen-bond donors (Lipinski definition) is 2. The Labute approximate surface area is 88.7 Å². The number of carbonyl (C=O) groups excluding carboxylic acids is 1. The molecule has 1 rings (SSSR count). The van der Waals surface area contributed by atoms with Crippen molar-refractivity contribution in [3.05, 3.63) is 0 Å². The maximum absolute atomic E-state index is 11.6. The van der Waals surface area contributed by atoms with E-state index in [2.05, 4.69) is 12.6 Å². The zero-order valence-corrected chi connectivity index (χ0v) is 9.20. The number of aliphatic carboxylic acids is 1. The van der Waals surface area contributed by atoms with Gasteiger partial charge in [0.05, 0.1) is 0 Å². The number of carbonyl (C=O) groups is 2. The van der Waals surface area contributed by atoms with Crippen LogP contribution in [-0.2, 0) is 9.59 Å². The standard InChI is InChI=1S/C9H15NO3S/c1-5(2)8(11)10-4-3-6(14)7(10)9(12)13/h5-7,14H,3-4H2,1-2H3,(H,12,13)/t6-,7+/m1/s1. The Morgan fingerprint density at radius 1 is 1.50 bits per heavy atom. The first-order valence-electron chi connectivity index (χ1n) is 4.66. The van der Waals surface area contributed by atoms with Crippen LogP contribution in [0.4, 0.5) is 0 Å². The zero-order chi connectivity index (χ0) is 10.9. The predicted octanol–water partition coefficient (Wildman–Crippen LogP) is 0.626. The highest BCUT2D eigenvalue weighted by atomic mass is 32.1. The molecule has 1 amide bonds. The molecule has 4 nitrogen and oxygen atoms in total. The number of amides is 1. The van der Waals surface area contributed by atoms with Gasteiger partial charge in [-0.2, -0.15) is 12.6 Å². The van der Waals surface area contributed by atoms with Gasteiger partial charge in [0.1, 0.15) is 6.04 Å². The van der Waals surface area contributed by atoms with Crippen LogP contribution >= 0.6 is 12.6 Å². The van der Waals surface area contributed by atoms with Gasteiger partial charge in [0.2, 0.25) is 5.91 Å². The molecule has 0 aromatic rings. The molecule has 0 saturated carbocycles. The van der Waals surface area contributed by atoms with Gasteiger partial charge in [-0.15, -0.1) is 0 Å². The van der Waals surface area contributed by atoms with Crippen molar-refractivity contribution in [3.63, 3.8) is 0 Å². The average molecular weight is 217 g/mol. The van der Waals surface area contributed by atoms with E-state index >= 15 is 0 Å². The summed E-state index contributed by atoms with van der Waals surface area (Å²) >= 11 is 4.17. The molecule has 1 aliphatic rings. The van der Waals surface area contributed by atoms with Crippen LogP contribution in [0, 0.1) is 5.92 Å². The highest BCUT2D eigenvalue weighted by Gasteiger charge is 2.40. The molecular formula is C9H15NO3S. The Morgan fingerprint density at radius 3 is 2.50 bits per heavy atom. The molecule has 0 aliphatic carbocycles. The fourth-order valence-corrected chi connectivity index (χ4v) is 2.06. The number of hydrogen-bond acceptors (Lipinski definition) is 3. The third kappa shape index (κ3) is 2.03. The quantitative estimate of drug-likeness (QED) is 0.667. The van der Waals surface area contributed by atoms with Crippen molar-refractivity contribution in [2.45, 2.75) is 31.6 Å². The molecule has 80 valence electrons. The van der Waals surface area contributed by atoms with Crippen LogP contribution in [0.3, 0.4) is 0 Å². The van der Waals surface area contributed by atoms with E-state index in [4.69, 9.17) is 5.11 Å². The van der Waals surface area contributed by atoms with Crippen LogP contribution in [0.25, 0.3) is 0 Å². The van der Waals surface area contributed by atoms with Crippen LogP contribution < -0.4 is 0 Å². The van der Waals surface area contributed by atoms with E-state index in [-0.39, 0.29) is 17.1 Å². The lowest BCUT2D eigenvalue weighted by molar-refractivity contribution is -0.149. The third-order valence-corrected chi connectivity index (χ3v) is 2.94. The Hall–Kier alpha value is -0.710. The van der Waals surface area contributed by atoms with Gasteiger partial charge in [0.15, 0.2) is 0 Å². The van der Waals surface area contributed by atoms with Crippen LogP contribution in [0.15, 0.2) is 0 Å². The molecule has 0 radical (unpaired) electrons. The normalized spacial score (nSPS) is 27.0. The molecule has 0 aromatic carbocycles. The van der Waals surface area contributed by atoms with E-state index < -0.39 is 12.0 Å². The van der Waals surface area contributed by atoms with Gasteiger partial charge < -0.3 is 10.0 Å². The van der Waals surface area contributed by atoms with Crippen molar-refractivity contribution in [1.82, 2.24) is 4.90 Å². The van der Waals surface area contributed by atoms with Gasteiger partial charge in [-0.25, -0.2) is 4.79 Å². The number of rotatable bonds is 2. The van der Waals surface area contributed by atoms with Crippen molar-refractivity contribution < 1.29 is 14.7 Å². The van der Waals surface area contributed by atoms with Crippen molar-refractivity contribution in [3.8, 4) is 0 Å². The zero-order valence-electron chi connectivity index (χ0n) is 8.30. The molecule has 0 spiro atoms. The molecule has 1 heterocycles. The highest BCUT2D eigenvalue weighted by Crippen LogP contribution is 2.24. The summed E-state index contributed by atoms with van der Waals surface area (Å²) in [6, 6.07) is -0.756. The monoisotopic (exact) mass is 217 g/mol. The lowest BCUT2D eigenvalue weighted by Gasteiger charge is -2.24. The van der Waals surface area contributed by atoms with E-state index in [1.165, 1.54) is 4.90 Å². The minimum Gasteiger partial charge on any atom is -0.480 e. The molecule has 0 aromatic heterocycles. The van der Waals surface area contributed by atoms with Crippen LogP contribution in [-0.4, -0.2) is 39.7 Å². The van der Waals surface area contributed by atoms with E-state index in [0.29, 0.717) is 13.0 Å². The number of carboxylic acid groups (broad SMARTS) is 1. The summed E-state index contributed by atoms with van der Waals surface area (Å²) in [6.07, 6.45) is 0.651.